The molecule has 0 bridgehead atoms. The quantitative estimate of drug-likeness (QED) is 0.0570. The van der Waals surface area contributed by atoms with Crippen LogP contribution >= 0.6 is 0 Å². The summed E-state index contributed by atoms with van der Waals surface area (Å²) in [5, 5.41) is 22.6. The Morgan fingerprint density at radius 1 is 0.581 bits per heavy atom. The predicted octanol–water partition coefficient (Wildman–Crippen LogP) is 10.4. The molecule has 0 aliphatic rings. The number of allylic oxidation sites excluding steroid dienone is 11. The molecule has 0 aliphatic heterocycles. The summed E-state index contributed by atoms with van der Waals surface area (Å²) in [7, 11) is 0. The van der Waals surface area contributed by atoms with Crippen LogP contribution in [0.1, 0.15) is 149 Å². The van der Waals surface area contributed by atoms with Gasteiger partial charge in [0.2, 0.25) is 5.91 Å². The molecule has 3 N–H and O–H groups in total. The largest absolute Gasteiger partial charge is 0.394 e. The molecular weight excluding hydrogens is 530 g/mol. The van der Waals surface area contributed by atoms with E-state index in [0.717, 1.165) is 57.8 Å². The van der Waals surface area contributed by atoms with Crippen molar-refractivity contribution < 1.29 is 15.0 Å². The summed E-state index contributed by atoms with van der Waals surface area (Å²) < 4.78 is 0. The van der Waals surface area contributed by atoms with E-state index in [1.54, 1.807) is 6.08 Å². The third-order valence-electron chi connectivity index (χ3n) is 7.45. The molecule has 0 aromatic heterocycles. The number of carbonyl (C=O) groups is 1. The number of aliphatic hydroxyl groups is 2. The van der Waals surface area contributed by atoms with Crippen molar-refractivity contribution in [2.45, 2.75) is 161 Å². The van der Waals surface area contributed by atoms with Crippen molar-refractivity contribution in [2.24, 2.45) is 0 Å². The fourth-order valence-corrected chi connectivity index (χ4v) is 4.73. The van der Waals surface area contributed by atoms with E-state index >= 15 is 0 Å². The van der Waals surface area contributed by atoms with Crippen molar-refractivity contribution in [2.75, 3.05) is 6.61 Å². The second kappa shape index (κ2) is 34.3. The molecule has 0 radical (unpaired) electrons. The molecular formula is C39H67NO3. The van der Waals surface area contributed by atoms with Gasteiger partial charge in [-0.25, -0.2) is 0 Å². The normalized spacial score (nSPS) is 14.0. The Balaban J connectivity index is 3.59. The molecule has 2 unspecified atom stereocenters. The minimum absolute atomic E-state index is 0.0815. The number of rotatable bonds is 30. The minimum Gasteiger partial charge on any atom is -0.394 e. The molecule has 0 spiro atoms. The van der Waals surface area contributed by atoms with Gasteiger partial charge in [0, 0.05) is 6.42 Å². The van der Waals surface area contributed by atoms with E-state index < -0.39 is 12.1 Å². The van der Waals surface area contributed by atoms with E-state index in [2.05, 4.69) is 79.9 Å². The molecule has 0 aromatic rings. The lowest BCUT2D eigenvalue weighted by atomic mass is 10.1. The maximum atomic E-state index is 12.2. The average Bonchev–Trinajstić information content (AvgIpc) is 3.01. The van der Waals surface area contributed by atoms with Gasteiger partial charge in [0.05, 0.1) is 18.8 Å². The maximum absolute atomic E-state index is 12.2. The first kappa shape index (κ1) is 40.8. The number of carbonyl (C=O) groups excluding carboxylic acids is 1. The van der Waals surface area contributed by atoms with E-state index in [1.165, 1.54) is 70.6 Å². The van der Waals surface area contributed by atoms with E-state index in [9.17, 15) is 15.0 Å². The lowest BCUT2D eigenvalue weighted by Gasteiger charge is -2.20. The van der Waals surface area contributed by atoms with Crippen molar-refractivity contribution in [3.8, 4) is 0 Å². The lowest BCUT2D eigenvalue weighted by molar-refractivity contribution is -0.123. The van der Waals surface area contributed by atoms with Gasteiger partial charge < -0.3 is 15.5 Å². The first-order valence-electron chi connectivity index (χ1n) is 17.7. The van der Waals surface area contributed by atoms with Gasteiger partial charge in [-0.15, -0.1) is 0 Å². The highest BCUT2D eigenvalue weighted by Crippen LogP contribution is 2.12. The fraction of sp³-hybridized carbons (Fsp3) is 0.667. The second-order valence-electron chi connectivity index (χ2n) is 11.6. The highest BCUT2D eigenvalue weighted by molar-refractivity contribution is 5.76. The van der Waals surface area contributed by atoms with Crippen LogP contribution in [0, 0.1) is 0 Å². The van der Waals surface area contributed by atoms with Crippen LogP contribution in [0.4, 0.5) is 0 Å². The first-order valence-corrected chi connectivity index (χ1v) is 17.7. The van der Waals surface area contributed by atoms with Crippen LogP contribution in [0.2, 0.25) is 0 Å². The molecule has 43 heavy (non-hydrogen) atoms. The van der Waals surface area contributed by atoms with Crippen molar-refractivity contribution in [1.29, 1.82) is 0 Å². The lowest BCUT2D eigenvalue weighted by Crippen LogP contribution is -2.45. The molecule has 2 atom stereocenters. The Morgan fingerprint density at radius 2 is 1.02 bits per heavy atom. The summed E-state index contributed by atoms with van der Waals surface area (Å²) in [6, 6.07) is -0.625. The van der Waals surface area contributed by atoms with Crippen molar-refractivity contribution in [3.05, 3.63) is 72.9 Å². The van der Waals surface area contributed by atoms with Gasteiger partial charge in [-0.05, 0) is 64.2 Å². The van der Waals surface area contributed by atoms with E-state index in [4.69, 9.17) is 0 Å². The van der Waals surface area contributed by atoms with Crippen LogP contribution < -0.4 is 5.32 Å². The monoisotopic (exact) mass is 598 g/mol. The highest BCUT2D eigenvalue weighted by atomic mass is 16.3. The Kier molecular flexibility index (Phi) is 32.6. The van der Waals surface area contributed by atoms with Crippen molar-refractivity contribution in [1.82, 2.24) is 5.32 Å². The highest BCUT2D eigenvalue weighted by Gasteiger charge is 2.17. The third kappa shape index (κ3) is 31.1. The zero-order valence-corrected chi connectivity index (χ0v) is 27.9. The molecule has 0 saturated carbocycles. The Hall–Kier alpha value is -2.17. The SMILES string of the molecule is CC/C=C\C/C=C\C/C=C\C/C=C\C/C=C\CCCCCCCCCCCC(=O)NC(CO)C(O)/C=C/CCCCCC. The van der Waals surface area contributed by atoms with Gasteiger partial charge in [0.15, 0.2) is 0 Å². The smallest absolute Gasteiger partial charge is 0.220 e. The Labute approximate surface area is 266 Å². The van der Waals surface area contributed by atoms with Crippen molar-refractivity contribution >= 4 is 5.91 Å². The zero-order chi connectivity index (χ0) is 31.5. The van der Waals surface area contributed by atoms with Gasteiger partial charge in [0.1, 0.15) is 0 Å². The van der Waals surface area contributed by atoms with Gasteiger partial charge in [-0.1, -0.05) is 151 Å². The fourth-order valence-electron chi connectivity index (χ4n) is 4.73. The van der Waals surface area contributed by atoms with Gasteiger partial charge in [0.25, 0.3) is 0 Å². The van der Waals surface area contributed by atoms with E-state index in [-0.39, 0.29) is 12.5 Å². The number of aliphatic hydroxyl groups excluding tert-OH is 2. The topological polar surface area (TPSA) is 69.6 Å². The maximum Gasteiger partial charge on any atom is 0.220 e. The Morgan fingerprint density at radius 3 is 1.53 bits per heavy atom. The van der Waals surface area contributed by atoms with Gasteiger partial charge in [-0.3, -0.25) is 4.79 Å². The molecule has 0 saturated heterocycles. The first-order chi connectivity index (χ1) is 21.2. The molecule has 0 rings (SSSR count). The molecule has 4 heteroatoms. The second-order valence-corrected chi connectivity index (χ2v) is 11.6. The summed E-state index contributed by atoms with van der Waals surface area (Å²) in [6.45, 7) is 4.09. The Bertz CT molecular complexity index is 777. The van der Waals surface area contributed by atoms with E-state index in [1.807, 2.05) is 6.08 Å². The average molecular weight is 598 g/mol. The predicted molar refractivity (Wildman–Crippen MR) is 188 cm³/mol. The minimum atomic E-state index is -0.841. The summed E-state index contributed by atoms with van der Waals surface area (Å²) >= 11 is 0. The van der Waals surface area contributed by atoms with Crippen LogP contribution in [-0.4, -0.2) is 34.9 Å². The van der Waals surface area contributed by atoms with Crippen LogP contribution in [0.3, 0.4) is 0 Å². The number of unbranched alkanes of at least 4 members (excludes halogenated alkanes) is 13. The van der Waals surface area contributed by atoms with Gasteiger partial charge >= 0.3 is 0 Å². The van der Waals surface area contributed by atoms with Crippen LogP contribution in [0.25, 0.3) is 0 Å². The number of hydrogen-bond donors (Lipinski definition) is 3. The number of amides is 1. The molecule has 0 heterocycles. The summed E-state index contributed by atoms with van der Waals surface area (Å²) in [5.74, 6) is -0.0815. The number of nitrogens with one attached hydrogen (secondary N) is 1. The zero-order valence-electron chi connectivity index (χ0n) is 27.9. The molecule has 0 fully saturated rings. The van der Waals surface area contributed by atoms with Crippen LogP contribution in [-0.2, 0) is 4.79 Å². The summed E-state index contributed by atoms with van der Waals surface area (Å²) in [6.07, 6.45) is 48.6. The van der Waals surface area contributed by atoms with Gasteiger partial charge in [-0.2, -0.15) is 0 Å². The van der Waals surface area contributed by atoms with E-state index in [0.29, 0.717) is 6.42 Å². The van der Waals surface area contributed by atoms with Crippen LogP contribution in [0.15, 0.2) is 72.9 Å². The molecule has 0 aromatic carbocycles. The summed E-state index contributed by atoms with van der Waals surface area (Å²) in [4.78, 5) is 12.2. The molecule has 4 nitrogen and oxygen atoms in total. The molecule has 1 amide bonds. The third-order valence-corrected chi connectivity index (χ3v) is 7.45. The molecule has 0 aliphatic carbocycles. The van der Waals surface area contributed by atoms with Crippen molar-refractivity contribution in [3.63, 3.8) is 0 Å². The van der Waals surface area contributed by atoms with Crippen LogP contribution in [0.5, 0.6) is 0 Å². The summed E-state index contributed by atoms with van der Waals surface area (Å²) in [5.41, 5.74) is 0. The standard InChI is InChI=1S/C39H67NO3/c1-3-5-7-9-11-12-13-14-15-16-17-18-19-20-21-22-23-24-25-26-27-28-29-31-33-35-39(43)40-37(36-41)38(42)34-32-30-10-8-6-4-2/h5,7,11-12,14-15,17-18,20-21,32,34,37-38,41-42H,3-4,6,8-10,13,16,19,22-31,33,35-36H2,1-2H3,(H,40,43)/b7-5-,12-11-,15-14-,18-17-,21-20-,34-32+. The molecule has 246 valence electrons. The number of hydrogen-bond acceptors (Lipinski definition) is 3.